The Morgan fingerprint density at radius 2 is 2.10 bits per heavy atom. The number of sulfonamides is 1. The van der Waals surface area contributed by atoms with E-state index in [0.29, 0.717) is 23.3 Å². The molecule has 0 aromatic carbocycles. The molecule has 1 aliphatic carbocycles. The second-order valence-electron chi connectivity index (χ2n) is 5.55. The maximum absolute atomic E-state index is 12.6. The Balaban J connectivity index is 1.96. The Morgan fingerprint density at radius 1 is 1.33 bits per heavy atom. The first-order valence-corrected chi connectivity index (χ1v) is 10.2. The molecule has 0 unspecified atom stereocenters. The summed E-state index contributed by atoms with van der Waals surface area (Å²) in [6.07, 6.45) is 5.41. The fraction of sp³-hybridized carbons (Fsp3) is 0.733. The van der Waals surface area contributed by atoms with Gasteiger partial charge < -0.3 is 5.32 Å². The van der Waals surface area contributed by atoms with Gasteiger partial charge in [-0.15, -0.1) is 11.3 Å². The van der Waals surface area contributed by atoms with Crippen LogP contribution in [0.3, 0.4) is 0 Å². The Labute approximate surface area is 132 Å². The van der Waals surface area contributed by atoms with Gasteiger partial charge in [-0.1, -0.05) is 20.3 Å². The summed E-state index contributed by atoms with van der Waals surface area (Å²) in [6, 6.07) is 4.43. The van der Waals surface area contributed by atoms with Gasteiger partial charge in [-0.05, 0) is 37.8 Å². The van der Waals surface area contributed by atoms with E-state index >= 15 is 0 Å². The molecule has 6 heteroatoms. The first-order chi connectivity index (χ1) is 10.1. The summed E-state index contributed by atoms with van der Waals surface area (Å²) in [4.78, 5) is 1.15. The quantitative estimate of drug-likeness (QED) is 0.718. The van der Waals surface area contributed by atoms with E-state index in [2.05, 4.69) is 12.2 Å². The molecule has 0 radical (unpaired) electrons. The van der Waals surface area contributed by atoms with E-state index < -0.39 is 10.0 Å². The zero-order valence-corrected chi connectivity index (χ0v) is 14.6. The normalized spacial score (nSPS) is 15.8. The van der Waals surface area contributed by atoms with E-state index in [-0.39, 0.29) is 0 Å². The van der Waals surface area contributed by atoms with E-state index in [4.69, 9.17) is 0 Å². The third-order valence-electron chi connectivity index (χ3n) is 3.73. The Kier molecular flexibility index (Phi) is 6.22. The van der Waals surface area contributed by atoms with Gasteiger partial charge in [-0.2, -0.15) is 4.31 Å². The molecule has 0 spiro atoms. The van der Waals surface area contributed by atoms with Crippen molar-refractivity contribution >= 4 is 21.4 Å². The largest absolute Gasteiger partial charge is 0.314 e. The Hall–Kier alpha value is -0.430. The number of thiophene rings is 1. The zero-order valence-electron chi connectivity index (χ0n) is 13.0. The third-order valence-corrected chi connectivity index (χ3v) is 7.31. The van der Waals surface area contributed by atoms with Gasteiger partial charge in [0, 0.05) is 30.6 Å². The van der Waals surface area contributed by atoms with E-state index in [1.165, 1.54) is 24.2 Å². The summed E-state index contributed by atoms with van der Waals surface area (Å²) in [5.41, 5.74) is 0. The summed E-state index contributed by atoms with van der Waals surface area (Å²) in [5, 5.41) is 3.46. The SMILES string of the molecule is CCCCN(CC)S(=O)(=O)c1ccc(CCNC2CC2)s1. The molecule has 0 atom stereocenters. The average Bonchev–Trinajstić information content (AvgIpc) is 3.15. The molecule has 0 bridgehead atoms. The lowest BCUT2D eigenvalue weighted by atomic mass is 10.3. The molecule has 2 rings (SSSR count). The van der Waals surface area contributed by atoms with Crippen molar-refractivity contribution in [2.24, 2.45) is 0 Å². The van der Waals surface area contributed by atoms with Crippen molar-refractivity contribution < 1.29 is 8.42 Å². The molecule has 0 saturated heterocycles. The van der Waals surface area contributed by atoms with Crippen LogP contribution in [0.2, 0.25) is 0 Å². The fourth-order valence-corrected chi connectivity index (χ4v) is 5.23. The molecule has 0 aliphatic heterocycles. The van der Waals surface area contributed by atoms with Gasteiger partial charge in [0.15, 0.2) is 0 Å². The molecule has 1 saturated carbocycles. The van der Waals surface area contributed by atoms with Crippen LogP contribution in [0.1, 0.15) is 44.4 Å². The van der Waals surface area contributed by atoms with Gasteiger partial charge in [0.1, 0.15) is 4.21 Å². The van der Waals surface area contributed by atoms with E-state index in [1.54, 1.807) is 10.4 Å². The monoisotopic (exact) mass is 330 g/mol. The lowest BCUT2D eigenvalue weighted by molar-refractivity contribution is 0.420. The number of unbranched alkanes of at least 4 members (excludes halogenated alkanes) is 1. The van der Waals surface area contributed by atoms with Gasteiger partial charge in [0.2, 0.25) is 0 Å². The number of nitrogens with zero attached hydrogens (tertiary/aromatic N) is 1. The minimum atomic E-state index is -3.30. The third kappa shape index (κ3) is 4.77. The van der Waals surface area contributed by atoms with E-state index in [0.717, 1.165) is 30.7 Å². The molecule has 1 N–H and O–H groups in total. The standard InChI is InChI=1S/C15H26N2O2S2/c1-3-5-12-17(4-2)21(18,19)15-9-8-14(20-15)10-11-16-13-6-7-13/h8-9,13,16H,3-7,10-12H2,1-2H3. The van der Waals surface area contributed by atoms with Crippen molar-refractivity contribution in [3.8, 4) is 0 Å². The molecular formula is C15H26N2O2S2. The highest BCUT2D eigenvalue weighted by molar-refractivity contribution is 7.91. The molecular weight excluding hydrogens is 304 g/mol. The van der Waals surface area contributed by atoms with Crippen molar-refractivity contribution in [3.05, 3.63) is 17.0 Å². The van der Waals surface area contributed by atoms with Gasteiger partial charge in [0.25, 0.3) is 10.0 Å². The molecule has 1 heterocycles. The predicted octanol–water partition coefficient (Wildman–Crippen LogP) is 2.85. The van der Waals surface area contributed by atoms with E-state index in [1.807, 2.05) is 13.0 Å². The zero-order chi connectivity index (χ0) is 15.3. The van der Waals surface area contributed by atoms with Crippen molar-refractivity contribution in [2.45, 2.75) is 56.2 Å². The minimum absolute atomic E-state index is 0.488. The predicted molar refractivity (Wildman–Crippen MR) is 88.4 cm³/mol. The number of rotatable bonds is 10. The number of hydrogen-bond donors (Lipinski definition) is 1. The summed E-state index contributed by atoms with van der Waals surface area (Å²) < 4.78 is 27.3. The summed E-state index contributed by atoms with van der Waals surface area (Å²) in [5.74, 6) is 0. The highest BCUT2D eigenvalue weighted by Gasteiger charge is 2.24. The molecule has 1 aromatic heterocycles. The maximum Gasteiger partial charge on any atom is 0.252 e. The molecule has 1 fully saturated rings. The number of nitrogens with one attached hydrogen (secondary N) is 1. The van der Waals surface area contributed by atoms with E-state index in [9.17, 15) is 8.42 Å². The number of hydrogen-bond acceptors (Lipinski definition) is 4. The fourth-order valence-electron chi connectivity index (χ4n) is 2.23. The second-order valence-corrected chi connectivity index (χ2v) is 8.88. The van der Waals surface area contributed by atoms with Crippen LogP contribution in [0.15, 0.2) is 16.3 Å². The van der Waals surface area contributed by atoms with Crippen LogP contribution in [0.5, 0.6) is 0 Å². The van der Waals surface area contributed by atoms with Crippen LogP contribution in [0, 0.1) is 0 Å². The first-order valence-electron chi connectivity index (χ1n) is 7.90. The van der Waals surface area contributed by atoms with Crippen LogP contribution in [0.25, 0.3) is 0 Å². The van der Waals surface area contributed by atoms with Crippen LogP contribution >= 0.6 is 11.3 Å². The van der Waals surface area contributed by atoms with Crippen LogP contribution in [-0.2, 0) is 16.4 Å². The van der Waals surface area contributed by atoms with Crippen molar-refractivity contribution in [3.63, 3.8) is 0 Å². The lowest BCUT2D eigenvalue weighted by Gasteiger charge is -2.18. The topological polar surface area (TPSA) is 49.4 Å². The van der Waals surface area contributed by atoms with Crippen molar-refractivity contribution in [1.82, 2.24) is 9.62 Å². The van der Waals surface area contributed by atoms with Gasteiger partial charge >= 0.3 is 0 Å². The first kappa shape index (κ1) is 16.9. The van der Waals surface area contributed by atoms with Crippen LogP contribution < -0.4 is 5.32 Å². The Morgan fingerprint density at radius 3 is 2.71 bits per heavy atom. The molecule has 21 heavy (non-hydrogen) atoms. The van der Waals surface area contributed by atoms with Gasteiger partial charge in [-0.3, -0.25) is 0 Å². The summed E-state index contributed by atoms with van der Waals surface area (Å²) >= 11 is 1.42. The molecule has 0 amide bonds. The lowest BCUT2D eigenvalue weighted by Crippen LogP contribution is -2.31. The van der Waals surface area contributed by atoms with Gasteiger partial charge in [0.05, 0.1) is 0 Å². The van der Waals surface area contributed by atoms with Crippen molar-refractivity contribution in [1.29, 1.82) is 0 Å². The molecule has 4 nitrogen and oxygen atoms in total. The summed E-state index contributed by atoms with van der Waals surface area (Å²) in [7, 11) is -3.30. The van der Waals surface area contributed by atoms with Crippen LogP contribution in [-0.4, -0.2) is 38.4 Å². The molecule has 1 aromatic rings. The Bertz CT molecular complexity index is 536. The second kappa shape index (κ2) is 7.72. The highest BCUT2D eigenvalue weighted by atomic mass is 32.2. The maximum atomic E-state index is 12.6. The van der Waals surface area contributed by atoms with Crippen LogP contribution in [0.4, 0.5) is 0 Å². The molecule has 1 aliphatic rings. The van der Waals surface area contributed by atoms with Crippen molar-refractivity contribution in [2.75, 3.05) is 19.6 Å². The highest BCUT2D eigenvalue weighted by Crippen LogP contribution is 2.26. The smallest absolute Gasteiger partial charge is 0.252 e. The average molecular weight is 331 g/mol. The molecule has 120 valence electrons. The van der Waals surface area contributed by atoms with Gasteiger partial charge in [-0.25, -0.2) is 8.42 Å². The minimum Gasteiger partial charge on any atom is -0.314 e. The summed E-state index contributed by atoms with van der Waals surface area (Å²) in [6.45, 7) is 6.08.